The monoisotopic (exact) mass is 339 g/mol. The molecule has 1 saturated heterocycles. The number of sulfone groups is 1. The lowest BCUT2D eigenvalue weighted by Gasteiger charge is -2.22. The lowest BCUT2D eigenvalue weighted by Crippen LogP contribution is -2.34. The van der Waals surface area contributed by atoms with Gasteiger partial charge in [-0.2, -0.15) is 5.10 Å². The zero-order valence-electron chi connectivity index (χ0n) is 12.7. The average molecular weight is 339 g/mol. The van der Waals surface area contributed by atoms with E-state index in [9.17, 15) is 12.8 Å². The quantitative estimate of drug-likeness (QED) is 0.915. The maximum absolute atomic E-state index is 14.2. The Balaban J connectivity index is 1.80. The fourth-order valence-corrected chi connectivity index (χ4v) is 3.14. The first-order valence-corrected chi connectivity index (χ1v) is 9.24. The second kappa shape index (κ2) is 6.29. The van der Waals surface area contributed by atoms with Gasteiger partial charge in [0.25, 0.3) is 0 Å². The van der Waals surface area contributed by atoms with Crippen LogP contribution in [-0.4, -0.2) is 43.6 Å². The van der Waals surface area contributed by atoms with Gasteiger partial charge in [-0.1, -0.05) is 0 Å². The van der Waals surface area contributed by atoms with Crippen LogP contribution in [0.25, 0.3) is 5.69 Å². The number of nitrogens with zero attached hydrogens (tertiary/aromatic N) is 2. The third-order valence-electron chi connectivity index (χ3n) is 3.74. The van der Waals surface area contributed by atoms with E-state index in [1.165, 1.54) is 23.0 Å². The molecule has 1 aromatic heterocycles. The summed E-state index contributed by atoms with van der Waals surface area (Å²) in [6.07, 6.45) is 6.14. The minimum absolute atomic E-state index is 0.0583. The Kier molecular flexibility index (Phi) is 4.36. The van der Waals surface area contributed by atoms with E-state index in [0.717, 1.165) is 38.3 Å². The van der Waals surface area contributed by atoms with E-state index in [1.54, 1.807) is 6.20 Å². The maximum Gasteiger partial charge on any atom is 0.175 e. The lowest BCUT2D eigenvalue weighted by molar-refractivity contribution is 0.162. The molecule has 0 spiro atoms. The zero-order valence-corrected chi connectivity index (χ0v) is 13.5. The zero-order chi connectivity index (χ0) is 16.4. The molecular weight excluding hydrogens is 321 g/mol. The first-order chi connectivity index (χ1) is 10.9. The van der Waals surface area contributed by atoms with E-state index in [1.807, 2.05) is 0 Å². The molecule has 23 heavy (non-hydrogen) atoms. The molecular formula is C15H18FN3O3S. The molecule has 0 saturated carbocycles. The van der Waals surface area contributed by atoms with Crippen LogP contribution in [0.1, 0.15) is 12.8 Å². The van der Waals surface area contributed by atoms with Crippen LogP contribution in [0.3, 0.4) is 0 Å². The third-order valence-corrected chi connectivity index (χ3v) is 4.85. The summed E-state index contributed by atoms with van der Waals surface area (Å²) >= 11 is 0. The molecule has 1 aliphatic heterocycles. The summed E-state index contributed by atoms with van der Waals surface area (Å²) in [4.78, 5) is -0.0583. The third kappa shape index (κ3) is 3.70. The minimum atomic E-state index is -3.44. The highest BCUT2D eigenvalue weighted by Gasteiger charge is 2.17. The van der Waals surface area contributed by atoms with Gasteiger partial charge in [0.15, 0.2) is 15.6 Å². The Labute approximate surface area is 134 Å². The highest BCUT2D eigenvalue weighted by atomic mass is 32.2. The topological polar surface area (TPSA) is 73.2 Å². The van der Waals surface area contributed by atoms with Gasteiger partial charge in [-0.05, 0) is 44.1 Å². The van der Waals surface area contributed by atoms with Crippen LogP contribution in [0.2, 0.25) is 0 Å². The van der Waals surface area contributed by atoms with Gasteiger partial charge >= 0.3 is 0 Å². The highest BCUT2D eigenvalue weighted by molar-refractivity contribution is 7.90. The molecule has 0 unspecified atom stereocenters. The van der Waals surface area contributed by atoms with Gasteiger partial charge in [0, 0.05) is 6.26 Å². The van der Waals surface area contributed by atoms with Gasteiger partial charge in [-0.25, -0.2) is 17.5 Å². The van der Waals surface area contributed by atoms with Crippen LogP contribution >= 0.6 is 0 Å². The summed E-state index contributed by atoms with van der Waals surface area (Å²) in [5.74, 6) is -0.0760. The van der Waals surface area contributed by atoms with Crippen LogP contribution in [0, 0.1) is 5.82 Å². The molecule has 0 atom stereocenters. The van der Waals surface area contributed by atoms with Crippen LogP contribution in [0.5, 0.6) is 5.75 Å². The normalized spacial score (nSPS) is 16.4. The number of rotatable bonds is 4. The number of ether oxygens (including phenoxy) is 1. The largest absolute Gasteiger partial charge is 0.487 e. The van der Waals surface area contributed by atoms with Crippen molar-refractivity contribution in [2.45, 2.75) is 23.8 Å². The second-order valence-corrected chi connectivity index (χ2v) is 7.59. The van der Waals surface area contributed by atoms with Crippen molar-refractivity contribution in [3.8, 4) is 11.4 Å². The van der Waals surface area contributed by atoms with Gasteiger partial charge in [0.1, 0.15) is 17.6 Å². The van der Waals surface area contributed by atoms with Crippen molar-refractivity contribution in [1.29, 1.82) is 0 Å². The van der Waals surface area contributed by atoms with Crippen molar-refractivity contribution in [1.82, 2.24) is 15.1 Å². The summed E-state index contributed by atoms with van der Waals surface area (Å²) in [6.45, 7) is 1.83. The van der Waals surface area contributed by atoms with Gasteiger partial charge in [0.2, 0.25) is 0 Å². The van der Waals surface area contributed by atoms with Gasteiger partial charge < -0.3 is 10.1 Å². The Morgan fingerprint density at radius 3 is 2.74 bits per heavy atom. The number of halogens is 1. The average Bonchev–Trinajstić information content (AvgIpc) is 2.95. The van der Waals surface area contributed by atoms with E-state index in [2.05, 4.69) is 10.4 Å². The molecule has 0 amide bonds. The van der Waals surface area contributed by atoms with E-state index >= 15 is 0 Å². The van der Waals surface area contributed by atoms with Crippen molar-refractivity contribution >= 4 is 9.84 Å². The van der Waals surface area contributed by atoms with E-state index in [0.29, 0.717) is 5.75 Å². The fourth-order valence-electron chi connectivity index (χ4n) is 2.51. The molecule has 2 heterocycles. The van der Waals surface area contributed by atoms with Gasteiger partial charge in [-0.15, -0.1) is 0 Å². The Morgan fingerprint density at radius 2 is 2.09 bits per heavy atom. The van der Waals surface area contributed by atoms with E-state index in [-0.39, 0.29) is 16.7 Å². The van der Waals surface area contributed by atoms with Crippen molar-refractivity contribution < 1.29 is 17.5 Å². The van der Waals surface area contributed by atoms with Crippen molar-refractivity contribution in [2.75, 3.05) is 19.3 Å². The molecule has 1 fully saturated rings. The molecule has 8 heteroatoms. The summed E-state index contributed by atoms with van der Waals surface area (Å²) < 4.78 is 44.2. The second-order valence-electron chi connectivity index (χ2n) is 5.57. The maximum atomic E-state index is 14.2. The number of hydrogen-bond donors (Lipinski definition) is 1. The summed E-state index contributed by atoms with van der Waals surface area (Å²) in [5, 5.41) is 7.35. The summed E-state index contributed by atoms with van der Waals surface area (Å²) in [5.41, 5.74) is 0.178. The molecule has 1 aliphatic rings. The predicted octanol–water partition coefficient (Wildman–Crippen LogP) is 1.55. The van der Waals surface area contributed by atoms with Crippen LogP contribution < -0.4 is 10.1 Å². The molecule has 0 radical (unpaired) electrons. The van der Waals surface area contributed by atoms with Crippen molar-refractivity contribution in [3.63, 3.8) is 0 Å². The number of benzene rings is 1. The number of hydrogen-bond acceptors (Lipinski definition) is 5. The Hall–Kier alpha value is -1.93. The minimum Gasteiger partial charge on any atom is -0.487 e. The summed E-state index contributed by atoms with van der Waals surface area (Å²) in [7, 11) is -3.44. The Bertz CT molecular complexity index is 798. The number of piperidine rings is 1. The Morgan fingerprint density at radius 1 is 1.35 bits per heavy atom. The number of nitrogens with one attached hydrogen (secondary N) is 1. The summed E-state index contributed by atoms with van der Waals surface area (Å²) in [6, 6.07) is 3.76. The lowest BCUT2D eigenvalue weighted by atomic mass is 10.1. The van der Waals surface area contributed by atoms with Crippen LogP contribution in [-0.2, 0) is 9.84 Å². The molecule has 1 N–H and O–H groups in total. The standard InChI is InChI=1S/C15H18FN3O3S/c1-23(20,21)13-2-3-15(14(16)8-13)19-10-12(9-18-19)22-11-4-6-17-7-5-11/h2-3,8-11,17H,4-7H2,1H3. The molecule has 0 aliphatic carbocycles. The van der Waals surface area contributed by atoms with Crippen molar-refractivity contribution in [2.24, 2.45) is 0 Å². The SMILES string of the molecule is CS(=O)(=O)c1ccc(-n2cc(OC3CCNCC3)cn2)c(F)c1. The van der Waals surface area contributed by atoms with E-state index < -0.39 is 15.7 Å². The van der Waals surface area contributed by atoms with Gasteiger partial charge in [0.05, 0.1) is 17.3 Å². The first-order valence-electron chi connectivity index (χ1n) is 7.35. The molecule has 3 rings (SSSR count). The smallest absolute Gasteiger partial charge is 0.175 e. The molecule has 1 aromatic carbocycles. The molecule has 0 bridgehead atoms. The van der Waals surface area contributed by atoms with Crippen LogP contribution in [0.4, 0.5) is 4.39 Å². The molecule has 2 aromatic rings. The van der Waals surface area contributed by atoms with Crippen molar-refractivity contribution in [3.05, 3.63) is 36.4 Å². The predicted molar refractivity (Wildman–Crippen MR) is 83.2 cm³/mol. The molecule has 6 nitrogen and oxygen atoms in total. The van der Waals surface area contributed by atoms with Gasteiger partial charge in [-0.3, -0.25) is 0 Å². The number of aromatic nitrogens is 2. The van der Waals surface area contributed by atoms with Crippen LogP contribution in [0.15, 0.2) is 35.5 Å². The molecule has 124 valence electrons. The fraction of sp³-hybridized carbons (Fsp3) is 0.400. The van der Waals surface area contributed by atoms with E-state index in [4.69, 9.17) is 4.74 Å². The highest BCUT2D eigenvalue weighted by Crippen LogP contribution is 2.21. The first kappa shape index (κ1) is 15.9.